The molecule has 1 aromatic carbocycles. The van der Waals surface area contributed by atoms with Crippen LogP contribution in [0, 0.1) is 0 Å². The van der Waals surface area contributed by atoms with Gasteiger partial charge >= 0.3 is 0 Å². The first-order valence-electron chi connectivity index (χ1n) is 6.28. The van der Waals surface area contributed by atoms with Crippen molar-refractivity contribution >= 4 is 0 Å². The average molecular weight is 228 g/mol. The number of nitrogens with one attached hydrogen (secondary N) is 1. The smallest absolute Gasteiger partial charge is 0.0449 e. The molecule has 0 bridgehead atoms. The van der Waals surface area contributed by atoms with Crippen LogP contribution in [0.25, 0.3) is 5.69 Å². The lowest BCUT2D eigenvalue weighted by Crippen LogP contribution is -2.19. The number of nitrogens with zero attached hydrogens (tertiary/aromatic N) is 1. The zero-order valence-electron chi connectivity index (χ0n) is 10.6. The Morgan fingerprint density at radius 2 is 1.76 bits per heavy atom. The Kier molecular flexibility index (Phi) is 3.99. The molecule has 1 atom stereocenters. The number of hydrogen-bond donors (Lipinski definition) is 1. The van der Waals surface area contributed by atoms with Crippen LogP contribution in [0.3, 0.4) is 0 Å². The van der Waals surface area contributed by atoms with E-state index in [0.717, 1.165) is 6.54 Å². The van der Waals surface area contributed by atoms with E-state index in [0.29, 0.717) is 6.04 Å². The lowest BCUT2D eigenvalue weighted by atomic mass is 10.1. The Balaban J connectivity index is 2.08. The molecule has 0 aliphatic heterocycles. The Morgan fingerprint density at radius 3 is 2.35 bits per heavy atom. The van der Waals surface area contributed by atoms with Crippen molar-refractivity contribution < 1.29 is 0 Å². The summed E-state index contributed by atoms with van der Waals surface area (Å²) in [4.78, 5) is 0. The quantitative estimate of drug-likeness (QED) is 0.828. The lowest BCUT2D eigenvalue weighted by molar-refractivity contribution is 0.570. The van der Waals surface area contributed by atoms with Crippen molar-refractivity contribution in [2.24, 2.45) is 0 Å². The van der Waals surface area contributed by atoms with Gasteiger partial charge in [0.15, 0.2) is 0 Å². The van der Waals surface area contributed by atoms with Gasteiger partial charge in [-0.05, 0) is 49.7 Å². The third kappa shape index (κ3) is 2.98. The van der Waals surface area contributed by atoms with Gasteiger partial charge < -0.3 is 9.88 Å². The maximum atomic E-state index is 3.50. The van der Waals surface area contributed by atoms with E-state index in [2.05, 4.69) is 60.4 Å². The van der Waals surface area contributed by atoms with Gasteiger partial charge in [0.2, 0.25) is 0 Å². The average Bonchev–Trinajstić information content (AvgIpc) is 2.90. The Hall–Kier alpha value is -1.54. The number of benzene rings is 1. The molecule has 2 nitrogen and oxygen atoms in total. The fourth-order valence-corrected chi connectivity index (χ4v) is 1.92. The minimum absolute atomic E-state index is 0.425. The topological polar surface area (TPSA) is 17.0 Å². The number of hydrogen-bond acceptors (Lipinski definition) is 1. The summed E-state index contributed by atoms with van der Waals surface area (Å²) in [5.74, 6) is 0. The van der Waals surface area contributed by atoms with E-state index in [1.54, 1.807) is 0 Å². The van der Waals surface area contributed by atoms with E-state index in [1.807, 2.05) is 12.1 Å². The molecule has 0 saturated heterocycles. The maximum Gasteiger partial charge on any atom is 0.0449 e. The van der Waals surface area contributed by atoms with Crippen LogP contribution >= 0.6 is 0 Å². The molecule has 2 aromatic rings. The molecule has 2 rings (SSSR count). The molecule has 0 saturated carbocycles. The predicted molar refractivity (Wildman–Crippen MR) is 72.5 cm³/mol. The second kappa shape index (κ2) is 5.69. The molecule has 0 spiro atoms. The van der Waals surface area contributed by atoms with Crippen LogP contribution in [-0.2, 0) is 0 Å². The minimum Gasteiger partial charge on any atom is -0.324 e. The van der Waals surface area contributed by atoms with Crippen molar-refractivity contribution in [3.63, 3.8) is 0 Å². The van der Waals surface area contributed by atoms with Crippen molar-refractivity contribution in [3.8, 4) is 5.69 Å². The van der Waals surface area contributed by atoms with Crippen LogP contribution in [-0.4, -0.2) is 11.1 Å². The molecule has 1 heterocycles. The third-order valence-electron chi connectivity index (χ3n) is 3.00. The standard InChI is InChI=1S/C15H20N2/c1-3-10-16-13(2)14-6-8-15(9-7-14)17-11-4-5-12-17/h4-9,11-13,16H,3,10H2,1-2H3. The van der Waals surface area contributed by atoms with E-state index < -0.39 is 0 Å². The van der Waals surface area contributed by atoms with Crippen molar-refractivity contribution in [1.82, 2.24) is 9.88 Å². The zero-order chi connectivity index (χ0) is 12.1. The van der Waals surface area contributed by atoms with Crippen molar-refractivity contribution in [2.75, 3.05) is 6.54 Å². The van der Waals surface area contributed by atoms with Crippen molar-refractivity contribution in [2.45, 2.75) is 26.3 Å². The predicted octanol–water partition coefficient (Wildman–Crippen LogP) is 3.54. The van der Waals surface area contributed by atoms with Crippen molar-refractivity contribution in [3.05, 3.63) is 54.4 Å². The number of rotatable bonds is 5. The largest absolute Gasteiger partial charge is 0.324 e. The Morgan fingerprint density at radius 1 is 1.12 bits per heavy atom. The lowest BCUT2D eigenvalue weighted by Gasteiger charge is -2.14. The highest BCUT2D eigenvalue weighted by molar-refractivity contribution is 5.36. The summed E-state index contributed by atoms with van der Waals surface area (Å²) in [6.07, 6.45) is 5.30. The molecule has 0 aliphatic carbocycles. The molecule has 1 aromatic heterocycles. The van der Waals surface area contributed by atoms with Gasteiger partial charge in [0.25, 0.3) is 0 Å². The second-order valence-electron chi connectivity index (χ2n) is 4.36. The van der Waals surface area contributed by atoms with E-state index in [1.165, 1.54) is 17.7 Å². The zero-order valence-corrected chi connectivity index (χ0v) is 10.6. The summed E-state index contributed by atoms with van der Waals surface area (Å²) in [5.41, 5.74) is 2.55. The highest BCUT2D eigenvalue weighted by Gasteiger charge is 2.03. The van der Waals surface area contributed by atoms with Gasteiger partial charge in [-0.1, -0.05) is 19.1 Å². The van der Waals surface area contributed by atoms with Crippen LogP contribution in [0.4, 0.5) is 0 Å². The molecule has 0 aliphatic rings. The fourth-order valence-electron chi connectivity index (χ4n) is 1.92. The van der Waals surface area contributed by atoms with Gasteiger partial charge in [-0.25, -0.2) is 0 Å². The third-order valence-corrected chi connectivity index (χ3v) is 3.00. The van der Waals surface area contributed by atoms with Gasteiger partial charge in [0, 0.05) is 24.1 Å². The number of aromatic nitrogens is 1. The normalized spacial score (nSPS) is 12.6. The monoisotopic (exact) mass is 228 g/mol. The molecule has 1 N–H and O–H groups in total. The molecular weight excluding hydrogens is 208 g/mol. The van der Waals surface area contributed by atoms with Crippen LogP contribution in [0.5, 0.6) is 0 Å². The molecular formula is C15H20N2. The summed E-state index contributed by atoms with van der Waals surface area (Å²) in [7, 11) is 0. The first-order valence-corrected chi connectivity index (χ1v) is 6.28. The fraction of sp³-hybridized carbons (Fsp3) is 0.333. The van der Waals surface area contributed by atoms with Gasteiger partial charge in [0.05, 0.1) is 0 Å². The van der Waals surface area contributed by atoms with E-state index in [9.17, 15) is 0 Å². The van der Waals surface area contributed by atoms with Crippen molar-refractivity contribution in [1.29, 1.82) is 0 Å². The Bertz CT molecular complexity index is 428. The summed E-state index contributed by atoms with van der Waals surface area (Å²) in [5, 5.41) is 3.50. The molecule has 1 unspecified atom stereocenters. The summed E-state index contributed by atoms with van der Waals surface area (Å²) < 4.78 is 2.12. The molecule has 0 fully saturated rings. The highest BCUT2D eigenvalue weighted by atomic mass is 14.9. The molecule has 17 heavy (non-hydrogen) atoms. The van der Waals surface area contributed by atoms with E-state index in [-0.39, 0.29) is 0 Å². The van der Waals surface area contributed by atoms with E-state index in [4.69, 9.17) is 0 Å². The first kappa shape index (κ1) is 11.9. The molecule has 0 radical (unpaired) electrons. The van der Waals surface area contributed by atoms with Gasteiger partial charge in [-0.2, -0.15) is 0 Å². The van der Waals surface area contributed by atoms with Crippen LogP contribution in [0.1, 0.15) is 31.9 Å². The summed E-state index contributed by atoms with van der Waals surface area (Å²) >= 11 is 0. The van der Waals surface area contributed by atoms with Crippen LogP contribution in [0.15, 0.2) is 48.8 Å². The van der Waals surface area contributed by atoms with Crippen LogP contribution in [0.2, 0.25) is 0 Å². The highest BCUT2D eigenvalue weighted by Crippen LogP contribution is 2.15. The van der Waals surface area contributed by atoms with Gasteiger partial charge in [-0.3, -0.25) is 0 Å². The van der Waals surface area contributed by atoms with Gasteiger partial charge in [0.1, 0.15) is 0 Å². The maximum absolute atomic E-state index is 3.50. The SMILES string of the molecule is CCCNC(C)c1ccc(-n2cccc2)cc1. The molecule has 0 amide bonds. The molecule has 2 heteroatoms. The van der Waals surface area contributed by atoms with Gasteiger partial charge in [-0.15, -0.1) is 0 Å². The first-order chi connectivity index (χ1) is 8.31. The minimum atomic E-state index is 0.425. The molecule has 90 valence electrons. The second-order valence-corrected chi connectivity index (χ2v) is 4.36. The summed E-state index contributed by atoms with van der Waals surface area (Å²) in [6.45, 7) is 5.47. The Labute approximate surface area is 103 Å². The van der Waals surface area contributed by atoms with E-state index >= 15 is 0 Å². The van der Waals surface area contributed by atoms with Crippen LogP contribution < -0.4 is 5.32 Å². The summed E-state index contributed by atoms with van der Waals surface area (Å²) in [6, 6.07) is 13.2.